The van der Waals surface area contributed by atoms with Crippen LogP contribution in [0, 0.1) is 0 Å². The molecule has 0 fully saturated rings. The second kappa shape index (κ2) is 9.45. The fourth-order valence-electron chi connectivity index (χ4n) is 2.79. The van der Waals surface area contributed by atoms with Crippen molar-refractivity contribution in [2.45, 2.75) is 31.4 Å². The van der Waals surface area contributed by atoms with Gasteiger partial charge in [0.25, 0.3) is 0 Å². The largest absolute Gasteiger partial charge is 0.496 e. The summed E-state index contributed by atoms with van der Waals surface area (Å²) >= 11 is 0. The number of carboxylic acid groups (broad SMARTS) is 1. The summed E-state index contributed by atoms with van der Waals surface area (Å²) in [6, 6.07) is 4.00. The number of nitrogens with zero attached hydrogens (tertiary/aromatic N) is 2. The van der Waals surface area contributed by atoms with Crippen molar-refractivity contribution in [1.29, 1.82) is 0 Å². The number of rotatable bonds is 10. The second-order valence-electron chi connectivity index (χ2n) is 6.07. The maximum Gasteiger partial charge on any atom is 0.326 e. The van der Waals surface area contributed by atoms with Gasteiger partial charge >= 0.3 is 12.2 Å². The highest BCUT2D eigenvalue weighted by Crippen LogP contribution is 2.29. The fraction of sp³-hybridized carbons (Fsp3) is 0.333. The Kier molecular flexibility index (Phi) is 7.02. The fourth-order valence-corrected chi connectivity index (χ4v) is 2.79. The molecule has 10 nitrogen and oxygen atoms in total. The highest BCUT2D eigenvalue weighted by molar-refractivity contribution is 6.25. The summed E-state index contributed by atoms with van der Waals surface area (Å²) in [6.45, 7) is 0. The first-order valence-corrected chi connectivity index (χ1v) is 8.41. The van der Waals surface area contributed by atoms with E-state index in [1.165, 1.54) is 7.11 Å². The molecule has 1 aromatic carbocycles. The molecule has 2 aromatic rings. The van der Waals surface area contributed by atoms with Crippen LogP contribution < -0.4 is 10.1 Å². The van der Waals surface area contributed by atoms with Crippen LogP contribution in [-0.2, 0) is 20.8 Å². The first kappa shape index (κ1) is 20.8. The molecule has 4 N–H and O–H groups in total. The number of benzene rings is 1. The number of Topliss-reactive ketones (excluding diaryl/α,β-unsaturated/α-hetero) is 1. The zero-order valence-corrected chi connectivity index (χ0v) is 15.1. The highest BCUT2D eigenvalue weighted by atomic mass is 16.5. The van der Waals surface area contributed by atoms with Gasteiger partial charge in [0, 0.05) is 29.9 Å². The van der Waals surface area contributed by atoms with Crippen LogP contribution in [0.25, 0.3) is 16.4 Å². The van der Waals surface area contributed by atoms with Gasteiger partial charge in [-0.1, -0.05) is 6.07 Å². The van der Waals surface area contributed by atoms with Gasteiger partial charge in [0.1, 0.15) is 17.9 Å². The number of hydrogen-bond donors (Lipinski definition) is 4. The molecule has 2 rings (SSSR count). The Hall–Kier alpha value is -3.49. The number of fused-ring (bicyclic) bond motifs is 1. The van der Waals surface area contributed by atoms with E-state index in [1.54, 1.807) is 18.3 Å². The van der Waals surface area contributed by atoms with Crippen LogP contribution in [0.3, 0.4) is 0 Å². The van der Waals surface area contributed by atoms with E-state index < -0.39 is 29.8 Å². The van der Waals surface area contributed by atoms with E-state index in [-0.39, 0.29) is 19.3 Å². The van der Waals surface area contributed by atoms with Crippen LogP contribution in [0.1, 0.15) is 18.4 Å². The number of aliphatic carboxylic acids is 1. The molecule has 148 valence electrons. The number of carbonyl (C=O) groups excluding carboxylic acids is 2. The maximum atomic E-state index is 12.2. The topological polar surface area (TPSA) is 165 Å². The number of aliphatic hydroxyl groups excluding tert-OH is 1. The van der Waals surface area contributed by atoms with Crippen LogP contribution in [0.2, 0.25) is 0 Å². The molecule has 10 heteroatoms. The molecule has 0 radical (unpaired) electrons. The molecule has 0 unspecified atom stereocenters. The number of H-pyrrole nitrogens is 1. The molecule has 1 amide bonds. The van der Waals surface area contributed by atoms with E-state index in [4.69, 9.17) is 10.3 Å². The van der Waals surface area contributed by atoms with Gasteiger partial charge in [-0.25, -0.2) is 4.79 Å². The van der Waals surface area contributed by atoms with Gasteiger partial charge in [0.2, 0.25) is 11.7 Å². The molecule has 28 heavy (non-hydrogen) atoms. The molecule has 0 bridgehead atoms. The quantitative estimate of drug-likeness (QED) is 0.259. The number of carboxylic acids is 1. The third-order valence-corrected chi connectivity index (χ3v) is 4.18. The number of ether oxygens (including phenoxy) is 1. The lowest BCUT2D eigenvalue weighted by Gasteiger charge is -2.16. The molecule has 0 saturated heterocycles. The van der Waals surface area contributed by atoms with Crippen molar-refractivity contribution in [3.05, 3.63) is 35.5 Å². The molecular formula is C18H20N4O6. The smallest absolute Gasteiger partial charge is 0.326 e. The SMILES string of the molecule is COc1cccc2[nH]cc(C[C@H](O)C(=O)N[C@@H](CCC(=O)C=[N+]=[N-])C(=O)O)c12. The normalized spacial score (nSPS) is 12.6. The average molecular weight is 388 g/mol. The molecule has 0 aliphatic heterocycles. The van der Waals surface area contributed by atoms with Crippen molar-refractivity contribution in [2.24, 2.45) is 0 Å². The van der Waals surface area contributed by atoms with Crippen molar-refractivity contribution in [2.75, 3.05) is 7.11 Å². The summed E-state index contributed by atoms with van der Waals surface area (Å²) in [4.78, 5) is 40.4. The summed E-state index contributed by atoms with van der Waals surface area (Å²) in [5, 5.41) is 22.4. The van der Waals surface area contributed by atoms with Crippen molar-refractivity contribution in [1.82, 2.24) is 10.3 Å². The molecule has 2 atom stereocenters. The summed E-state index contributed by atoms with van der Waals surface area (Å²) < 4.78 is 5.30. The van der Waals surface area contributed by atoms with Crippen LogP contribution in [0.15, 0.2) is 24.4 Å². The monoisotopic (exact) mass is 388 g/mol. The molecule has 0 aliphatic rings. The number of ketones is 1. The first-order chi connectivity index (χ1) is 13.4. The Morgan fingerprint density at radius 3 is 2.79 bits per heavy atom. The summed E-state index contributed by atoms with van der Waals surface area (Å²) in [6.07, 6.45) is 0.289. The van der Waals surface area contributed by atoms with Crippen LogP contribution in [-0.4, -0.2) is 63.1 Å². The van der Waals surface area contributed by atoms with E-state index in [0.717, 1.165) is 10.9 Å². The summed E-state index contributed by atoms with van der Waals surface area (Å²) in [7, 11) is 1.51. The zero-order chi connectivity index (χ0) is 20.7. The highest BCUT2D eigenvalue weighted by Gasteiger charge is 2.26. The molecule has 0 spiro atoms. The predicted octanol–water partition coefficient (Wildman–Crippen LogP) is 0.299. The minimum absolute atomic E-state index is 0.0609. The van der Waals surface area contributed by atoms with Crippen molar-refractivity contribution in [3.8, 4) is 5.75 Å². The van der Waals surface area contributed by atoms with Gasteiger partial charge in [0.15, 0.2) is 0 Å². The average Bonchev–Trinajstić information content (AvgIpc) is 3.07. The van der Waals surface area contributed by atoms with Gasteiger partial charge < -0.3 is 30.8 Å². The van der Waals surface area contributed by atoms with E-state index in [0.29, 0.717) is 17.5 Å². The number of methoxy groups -OCH3 is 1. The number of amides is 1. The molecular weight excluding hydrogens is 368 g/mol. The van der Waals surface area contributed by atoms with E-state index in [9.17, 15) is 24.6 Å². The lowest BCUT2D eigenvalue weighted by Crippen LogP contribution is -2.46. The Labute approximate surface area is 159 Å². The Morgan fingerprint density at radius 1 is 1.39 bits per heavy atom. The van der Waals surface area contributed by atoms with Gasteiger partial charge in [-0.2, -0.15) is 4.79 Å². The van der Waals surface area contributed by atoms with Gasteiger partial charge in [0.05, 0.1) is 7.11 Å². The first-order valence-electron chi connectivity index (χ1n) is 8.41. The minimum atomic E-state index is -1.50. The van der Waals surface area contributed by atoms with Gasteiger partial charge in [-0.3, -0.25) is 9.59 Å². The lowest BCUT2D eigenvalue weighted by molar-refractivity contribution is -0.143. The Bertz CT molecular complexity index is 931. The number of aromatic amines is 1. The van der Waals surface area contributed by atoms with Crippen molar-refractivity contribution in [3.63, 3.8) is 0 Å². The number of nitrogens with one attached hydrogen (secondary N) is 2. The minimum Gasteiger partial charge on any atom is -0.496 e. The number of carbonyl (C=O) groups is 3. The van der Waals surface area contributed by atoms with Crippen LogP contribution in [0.5, 0.6) is 5.75 Å². The standard InChI is InChI=1S/C18H20N4O6/c1-28-15-4-2-3-12-16(15)10(8-20-12)7-14(24)17(25)22-13(18(26)27)6-5-11(23)9-21-19/h2-4,8-9,13-14,20,24H,5-7H2,1H3,(H,22,25)(H,26,27)/t13-,14-/m0/s1. The molecule has 0 aliphatic carbocycles. The Balaban J connectivity index is 2.06. The van der Waals surface area contributed by atoms with Crippen molar-refractivity contribution < 1.29 is 34.1 Å². The molecule has 1 aromatic heterocycles. The van der Waals surface area contributed by atoms with E-state index in [1.807, 2.05) is 6.07 Å². The predicted molar refractivity (Wildman–Crippen MR) is 98.1 cm³/mol. The third kappa shape index (κ3) is 5.03. The number of aliphatic hydroxyl groups is 1. The van der Waals surface area contributed by atoms with Crippen LogP contribution >= 0.6 is 0 Å². The summed E-state index contributed by atoms with van der Waals surface area (Å²) in [5.41, 5.74) is 9.69. The zero-order valence-electron chi connectivity index (χ0n) is 15.1. The summed E-state index contributed by atoms with van der Waals surface area (Å²) in [5.74, 6) is -2.23. The Morgan fingerprint density at radius 2 is 2.14 bits per heavy atom. The van der Waals surface area contributed by atoms with Crippen molar-refractivity contribution >= 4 is 34.8 Å². The lowest BCUT2D eigenvalue weighted by atomic mass is 10.0. The molecule has 1 heterocycles. The number of aromatic nitrogens is 1. The molecule has 0 saturated carbocycles. The van der Waals surface area contributed by atoms with E-state index >= 15 is 0 Å². The van der Waals surface area contributed by atoms with E-state index in [2.05, 4.69) is 15.1 Å². The van der Waals surface area contributed by atoms with Gasteiger partial charge in [-0.05, 0) is 24.1 Å². The third-order valence-electron chi connectivity index (χ3n) is 4.18. The van der Waals surface area contributed by atoms with Crippen LogP contribution in [0.4, 0.5) is 0 Å². The maximum absolute atomic E-state index is 12.2. The van der Waals surface area contributed by atoms with Gasteiger partial charge in [-0.15, -0.1) is 0 Å². The second-order valence-corrected chi connectivity index (χ2v) is 6.07. The number of hydrogen-bond acceptors (Lipinski definition) is 5.